The number of hydrogen-bond donors (Lipinski definition) is 0. The van der Waals surface area contributed by atoms with Gasteiger partial charge in [0.25, 0.3) is 0 Å². The molecule has 0 saturated heterocycles. The predicted molar refractivity (Wildman–Crippen MR) is 122 cm³/mol. The standard InChI is InChI=1S/C26H27FN2O/c1-3-17-30-25-18-28-26(29-19-25)24-15-13-23(14-16-24)22-11-9-21(10-12-22)8-6-4-5-7-20(2)27/h3,6,8-16,18-20H,1,4-5,7,17H2,2H3/b8-6+. The molecule has 0 aliphatic carbocycles. The van der Waals surface area contributed by atoms with Gasteiger partial charge in [-0.05, 0) is 42.9 Å². The molecule has 1 atom stereocenters. The van der Waals surface area contributed by atoms with Crippen molar-refractivity contribution < 1.29 is 9.13 Å². The lowest BCUT2D eigenvalue weighted by molar-refractivity contribution is 0.335. The van der Waals surface area contributed by atoms with Crippen LogP contribution in [0.1, 0.15) is 31.7 Å². The lowest BCUT2D eigenvalue weighted by atomic mass is 10.0. The lowest BCUT2D eigenvalue weighted by Gasteiger charge is -2.06. The number of rotatable bonds is 10. The maximum Gasteiger partial charge on any atom is 0.159 e. The van der Waals surface area contributed by atoms with Crippen molar-refractivity contribution in [3.05, 3.63) is 85.2 Å². The highest BCUT2D eigenvalue weighted by Gasteiger charge is 2.04. The molecule has 1 heterocycles. The summed E-state index contributed by atoms with van der Waals surface area (Å²) in [5, 5.41) is 0. The summed E-state index contributed by atoms with van der Waals surface area (Å²) in [5.41, 5.74) is 4.39. The Kier molecular flexibility index (Phi) is 7.90. The van der Waals surface area contributed by atoms with Crippen LogP contribution in [0.5, 0.6) is 5.75 Å². The van der Waals surface area contributed by atoms with Crippen LogP contribution in [-0.2, 0) is 0 Å². The minimum Gasteiger partial charge on any atom is -0.486 e. The maximum absolute atomic E-state index is 12.8. The highest BCUT2D eigenvalue weighted by Crippen LogP contribution is 2.24. The molecule has 2 aromatic carbocycles. The zero-order chi connectivity index (χ0) is 21.2. The van der Waals surface area contributed by atoms with E-state index < -0.39 is 6.17 Å². The number of benzene rings is 2. The van der Waals surface area contributed by atoms with Gasteiger partial charge in [-0.2, -0.15) is 0 Å². The topological polar surface area (TPSA) is 35.0 Å². The summed E-state index contributed by atoms with van der Waals surface area (Å²) in [6.45, 7) is 5.67. The second kappa shape index (κ2) is 11.1. The molecule has 3 aromatic rings. The van der Waals surface area contributed by atoms with Gasteiger partial charge in [0.15, 0.2) is 11.6 Å². The van der Waals surface area contributed by atoms with Crippen molar-refractivity contribution in [1.29, 1.82) is 0 Å². The molecule has 154 valence electrons. The molecule has 0 aliphatic heterocycles. The van der Waals surface area contributed by atoms with E-state index in [0.29, 0.717) is 24.6 Å². The molecule has 0 saturated carbocycles. The summed E-state index contributed by atoms with van der Waals surface area (Å²) < 4.78 is 18.2. The molecule has 0 spiro atoms. The quantitative estimate of drug-likeness (QED) is 0.273. The smallest absolute Gasteiger partial charge is 0.159 e. The Morgan fingerprint density at radius 3 is 2.17 bits per heavy atom. The van der Waals surface area contributed by atoms with Crippen LogP contribution in [0.25, 0.3) is 28.6 Å². The molecule has 0 amide bonds. The van der Waals surface area contributed by atoms with Crippen molar-refractivity contribution in [2.24, 2.45) is 0 Å². The second-order valence-electron chi connectivity index (χ2n) is 7.16. The van der Waals surface area contributed by atoms with Gasteiger partial charge in [0, 0.05) is 5.56 Å². The zero-order valence-corrected chi connectivity index (χ0v) is 17.3. The third kappa shape index (κ3) is 6.38. The van der Waals surface area contributed by atoms with Gasteiger partial charge in [-0.25, -0.2) is 14.4 Å². The molecule has 0 N–H and O–H groups in total. The van der Waals surface area contributed by atoms with Crippen LogP contribution in [0, 0.1) is 0 Å². The molecule has 0 fully saturated rings. The Balaban J connectivity index is 1.60. The fourth-order valence-electron chi connectivity index (χ4n) is 3.03. The Bertz CT molecular complexity index is 946. The van der Waals surface area contributed by atoms with Crippen molar-refractivity contribution in [1.82, 2.24) is 9.97 Å². The Labute approximate surface area is 178 Å². The average Bonchev–Trinajstić information content (AvgIpc) is 2.78. The van der Waals surface area contributed by atoms with E-state index in [1.54, 1.807) is 25.4 Å². The van der Waals surface area contributed by atoms with Crippen LogP contribution in [0.2, 0.25) is 0 Å². The molecular weight excluding hydrogens is 375 g/mol. The number of unbranched alkanes of at least 4 members (excludes halogenated alkanes) is 1. The van der Waals surface area contributed by atoms with E-state index in [0.717, 1.165) is 35.1 Å². The summed E-state index contributed by atoms with van der Waals surface area (Å²) in [5.74, 6) is 1.29. The highest BCUT2D eigenvalue weighted by atomic mass is 19.1. The first-order valence-electron chi connectivity index (χ1n) is 10.2. The maximum atomic E-state index is 12.8. The first-order chi connectivity index (χ1) is 14.7. The SMILES string of the molecule is C=CCOc1cnc(-c2ccc(-c3ccc(/C=C/CCCC(C)F)cc3)cc2)nc1. The van der Waals surface area contributed by atoms with Gasteiger partial charge >= 0.3 is 0 Å². The molecule has 1 aromatic heterocycles. The molecule has 0 bridgehead atoms. The number of allylic oxidation sites excluding steroid dienone is 1. The Morgan fingerprint density at radius 1 is 0.967 bits per heavy atom. The summed E-state index contributed by atoms with van der Waals surface area (Å²) >= 11 is 0. The van der Waals surface area contributed by atoms with Crippen LogP contribution in [0.15, 0.2) is 79.7 Å². The number of nitrogens with zero attached hydrogens (tertiary/aromatic N) is 2. The average molecular weight is 403 g/mol. The predicted octanol–water partition coefficient (Wildman–Crippen LogP) is 6.92. The van der Waals surface area contributed by atoms with Crippen LogP contribution in [0.3, 0.4) is 0 Å². The van der Waals surface area contributed by atoms with Crippen molar-refractivity contribution in [2.75, 3.05) is 6.61 Å². The van der Waals surface area contributed by atoms with Crippen molar-refractivity contribution >= 4 is 6.08 Å². The van der Waals surface area contributed by atoms with Gasteiger partial charge < -0.3 is 4.74 Å². The van der Waals surface area contributed by atoms with Gasteiger partial charge in [0.1, 0.15) is 6.61 Å². The van der Waals surface area contributed by atoms with E-state index in [-0.39, 0.29) is 0 Å². The first kappa shape index (κ1) is 21.4. The number of alkyl halides is 1. The normalized spacial score (nSPS) is 12.1. The van der Waals surface area contributed by atoms with Crippen LogP contribution in [-0.4, -0.2) is 22.7 Å². The third-order valence-electron chi connectivity index (χ3n) is 4.67. The Morgan fingerprint density at radius 2 is 1.57 bits per heavy atom. The van der Waals surface area contributed by atoms with Crippen LogP contribution in [0.4, 0.5) is 4.39 Å². The number of aromatic nitrogens is 2. The molecule has 0 aliphatic rings. The highest BCUT2D eigenvalue weighted by molar-refractivity contribution is 5.69. The molecular formula is C26H27FN2O. The van der Waals surface area contributed by atoms with E-state index in [1.165, 1.54) is 0 Å². The minimum atomic E-state index is -0.716. The van der Waals surface area contributed by atoms with Crippen molar-refractivity contribution in [3.63, 3.8) is 0 Å². The zero-order valence-electron chi connectivity index (χ0n) is 17.3. The molecule has 3 nitrogen and oxygen atoms in total. The van der Waals surface area contributed by atoms with Gasteiger partial charge in [-0.1, -0.05) is 73.3 Å². The number of halogens is 1. The van der Waals surface area contributed by atoms with Crippen LogP contribution >= 0.6 is 0 Å². The fraction of sp³-hybridized carbons (Fsp3) is 0.231. The van der Waals surface area contributed by atoms with Crippen LogP contribution < -0.4 is 4.74 Å². The lowest BCUT2D eigenvalue weighted by Crippen LogP contribution is -1.95. The Hall–Kier alpha value is -3.27. The third-order valence-corrected chi connectivity index (χ3v) is 4.67. The monoisotopic (exact) mass is 402 g/mol. The van der Waals surface area contributed by atoms with E-state index in [4.69, 9.17) is 4.74 Å². The summed E-state index contributed by atoms with van der Waals surface area (Å²) in [6.07, 6.45) is 10.9. The summed E-state index contributed by atoms with van der Waals surface area (Å²) in [7, 11) is 0. The van der Waals surface area contributed by atoms with Gasteiger partial charge in [0.05, 0.1) is 18.6 Å². The van der Waals surface area contributed by atoms with Gasteiger partial charge in [0.2, 0.25) is 0 Å². The van der Waals surface area contributed by atoms with Crippen molar-refractivity contribution in [3.8, 4) is 28.3 Å². The molecule has 1 unspecified atom stereocenters. The molecule has 30 heavy (non-hydrogen) atoms. The summed E-state index contributed by atoms with van der Waals surface area (Å²) in [6, 6.07) is 16.6. The van der Waals surface area contributed by atoms with Gasteiger partial charge in [-0.3, -0.25) is 0 Å². The largest absolute Gasteiger partial charge is 0.486 e. The van der Waals surface area contributed by atoms with E-state index >= 15 is 0 Å². The van der Waals surface area contributed by atoms with E-state index in [1.807, 2.05) is 12.1 Å². The molecule has 0 radical (unpaired) electrons. The van der Waals surface area contributed by atoms with E-state index in [2.05, 4.69) is 65.1 Å². The molecule has 4 heteroatoms. The number of ether oxygens (including phenoxy) is 1. The summed E-state index contributed by atoms with van der Waals surface area (Å²) in [4.78, 5) is 8.74. The number of hydrogen-bond acceptors (Lipinski definition) is 3. The minimum absolute atomic E-state index is 0.435. The van der Waals surface area contributed by atoms with Crippen molar-refractivity contribution in [2.45, 2.75) is 32.4 Å². The van der Waals surface area contributed by atoms with E-state index in [9.17, 15) is 4.39 Å². The first-order valence-corrected chi connectivity index (χ1v) is 10.2. The molecule has 3 rings (SSSR count). The fourth-order valence-corrected chi connectivity index (χ4v) is 3.03. The van der Waals surface area contributed by atoms with Gasteiger partial charge in [-0.15, -0.1) is 0 Å². The second-order valence-corrected chi connectivity index (χ2v) is 7.16.